The lowest BCUT2D eigenvalue weighted by Gasteiger charge is -2.35. The molecule has 0 unspecified atom stereocenters. The fourth-order valence-corrected chi connectivity index (χ4v) is 13.2. The predicted molar refractivity (Wildman–Crippen MR) is 348 cm³/mol. The largest absolute Gasteiger partial charge is 0.368 e. The number of benzene rings is 7. The van der Waals surface area contributed by atoms with Crippen LogP contribution in [-0.2, 0) is 0 Å². The Morgan fingerprint density at radius 3 is 1.36 bits per heavy atom. The third kappa shape index (κ3) is 11.8. The number of likely N-dealkylation sites (N-methyl/N-ethyl adjacent to an activating group) is 2. The number of hydrogen-bond donors (Lipinski definition) is 2. The van der Waals surface area contributed by atoms with Crippen molar-refractivity contribution >= 4 is 90.2 Å². The average Bonchev–Trinajstić information content (AvgIpc) is 0.837. The Morgan fingerprint density at radius 2 is 0.875 bits per heavy atom. The number of anilines is 2. The molecule has 2 N–H and O–H groups in total. The Kier molecular flexibility index (Phi) is 17.2. The molecule has 0 aliphatic carbocycles. The molecule has 7 aromatic carbocycles. The second-order valence-electron chi connectivity index (χ2n) is 24.3. The summed E-state index contributed by atoms with van der Waals surface area (Å²) in [4.78, 5) is 113. The van der Waals surface area contributed by atoms with Crippen molar-refractivity contribution in [3.05, 3.63) is 170 Å². The first-order chi connectivity index (χ1) is 42.6. The van der Waals surface area contributed by atoms with Crippen molar-refractivity contribution < 1.29 is 28.8 Å². The molecular formula is C70H77N11O7. The maximum atomic E-state index is 14.2. The standard InChI is InChI=1S/C70H77N11O7/c1-46-16-24-60-56(44-46)64(82)57-45-48(66(84)72-29-9-31-74(3)33-11-35-80-68(86)53-15-7-13-51-59(78-42-38-76(5)39-43-78)27-23-55(63(51)53)70(80)88)19-25-61(57)81(60)49-20-17-47(18-21-49)65(83)71-28-8-30-73(2)32-10-34-79-67(85)52-14-6-12-50-58(77-40-36-75(4)37-41-77)26-22-54(62(50)52)69(79)87/h6-7,12-27,44-45H,8-11,28-43H2,1-5H3,(H,71,83)(H,72,84). The number of aromatic nitrogens is 1. The number of carbonyl (C=O) groups excluding carboxylic acids is 6. The van der Waals surface area contributed by atoms with Gasteiger partial charge in [-0.25, -0.2) is 0 Å². The van der Waals surface area contributed by atoms with Gasteiger partial charge in [0.15, 0.2) is 5.43 Å². The molecule has 0 saturated carbocycles. The number of amides is 6. The molecule has 1 aromatic heterocycles. The third-order valence-electron chi connectivity index (χ3n) is 18.2. The molecule has 12 rings (SSSR count). The number of imide groups is 2. The van der Waals surface area contributed by atoms with Crippen LogP contribution in [0.25, 0.3) is 49.0 Å². The Bertz CT molecular complexity index is 4080. The van der Waals surface area contributed by atoms with Crippen LogP contribution in [0.3, 0.4) is 0 Å². The van der Waals surface area contributed by atoms with Gasteiger partial charge >= 0.3 is 0 Å². The summed E-state index contributed by atoms with van der Waals surface area (Å²) in [6.45, 7) is 13.5. The molecule has 0 atom stereocenters. The number of piperazine rings is 2. The zero-order chi connectivity index (χ0) is 61.3. The second-order valence-corrected chi connectivity index (χ2v) is 24.3. The first-order valence-electron chi connectivity index (χ1n) is 31.0. The number of nitrogens with one attached hydrogen (secondary N) is 2. The van der Waals surface area contributed by atoms with E-state index in [4.69, 9.17) is 0 Å². The monoisotopic (exact) mass is 1180 g/mol. The van der Waals surface area contributed by atoms with E-state index in [1.807, 2.05) is 117 Å². The Labute approximate surface area is 512 Å². The SMILES string of the molecule is Cc1ccc2c(c1)c(=O)c1cc(C(=O)NCCCN(C)CCCN3C(=O)c4cccc5c(N6CCN(C)CC6)ccc(c45)C3=O)ccc1n2-c1ccc(C(=O)NCCCN(C)CCCN2C(=O)c3cccc4c(N5CCN(C)CC5)ccc(c34)C2=O)cc1. The van der Waals surface area contributed by atoms with Crippen molar-refractivity contribution in [2.24, 2.45) is 0 Å². The first-order valence-corrected chi connectivity index (χ1v) is 31.0. The molecule has 0 spiro atoms. The molecule has 5 heterocycles. The molecule has 8 aromatic rings. The van der Waals surface area contributed by atoms with Gasteiger partial charge in [-0.2, -0.15) is 0 Å². The Morgan fingerprint density at radius 1 is 0.455 bits per heavy atom. The number of nitrogens with zero attached hydrogens (tertiary/aromatic N) is 9. The molecule has 88 heavy (non-hydrogen) atoms. The van der Waals surface area contributed by atoms with E-state index in [1.54, 1.807) is 30.3 Å². The van der Waals surface area contributed by atoms with Gasteiger partial charge in [-0.15, -0.1) is 0 Å². The molecule has 6 amide bonds. The highest BCUT2D eigenvalue weighted by atomic mass is 16.2. The van der Waals surface area contributed by atoms with Crippen molar-refractivity contribution in [1.82, 2.24) is 44.6 Å². The number of fused-ring (bicyclic) bond motifs is 2. The van der Waals surface area contributed by atoms with Crippen LogP contribution in [-0.4, -0.2) is 202 Å². The number of rotatable bonds is 21. The smallest absolute Gasteiger partial charge is 0.261 e. The molecule has 4 aliphatic heterocycles. The van der Waals surface area contributed by atoms with Crippen LogP contribution < -0.4 is 25.9 Å². The average molecular weight is 1180 g/mol. The number of hydrogen-bond acceptors (Lipinski definition) is 13. The molecule has 454 valence electrons. The fraction of sp³-hybridized carbons (Fsp3) is 0.357. The van der Waals surface area contributed by atoms with E-state index in [2.05, 4.69) is 54.1 Å². The normalized spacial score (nSPS) is 15.8. The minimum absolute atomic E-state index is 0.181. The molecule has 18 nitrogen and oxygen atoms in total. The van der Waals surface area contributed by atoms with Crippen molar-refractivity contribution in [3.63, 3.8) is 0 Å². The summed E-state index contributed by atoms with van der Waals surface area (Å²) in [5.41, 5.74) is 8.06. The molecule has 18 heteroatoms. The summed E-state index contributed by atoms with van der Waals surface area (Å²) in [6.07, 6.45) is 2.56. The van der Waals surface area contributed by atoms with Crippen LogP contribution in [0, 0.1) is 6.92 Å². The van der Waals surface area contributed by atoms with Gasteiger partial charge in [-0.05, 0) is 178 Å². The van der Waals surface area contributed by atoms with E-state index in [0.717, 1.165) is 96.5 Å². The van der Waals surface area contributed by atoms with Crippen molar-refractivity contribution in [1.29, 1.82) is 0 Å². The topological polar surface area (TPSA) is 174 Å². The van der Waals surface area contributed by atoms with E-state index < -0.39 is 0 Å². The highest BCUT2D eigenvalue weighted by Crippen LogP contribution is 2.38. The Hall–Kier alpha value is -8.81. The van der Waals surface area contributed by atoms with E-state index >= 15 is 0 Å². The zero-order valence-electron chi connectivity index (χ0n) is 51.1. The fourth-order valence-electron chi connectivity index (χ4n) is 13.2. The van der Waals surface area contributed by atoms with Crippen LogP contribution in [0.15, 0.2) is 126 Å². The molecule has 2 fully saturated rings. The molecule has 0 radical (unpaired) electrons. The van der Waals surface area contributed by atoms with Gasteiger partial charge in [-0.1, -0.05) is 35.9 Å². The lowest BCUT2D eigenvalue weighted by Crippen LogP contribution is -2.45. The summed E-state index contributed by atoms with van der Waals surface area (Å²) >= 11 is 0. The summed E-state index contributed by atoms with van der Waals surface area (Å²) in [7, 11) is 8.23. The van der Waals surface area contributed by atoms with Crippen LogP contribution in [0.4, 0.5) is 11.4 Å². The van der Waals surface area contributed by atoms with Gasteiger partial charge in [0.25, 0.3) is 35.4 Å². The summed E-state index contributed by atoms with van der Waals surface area (Å²) in [5, 5.41) is 10.4. The van der Waals surface area contributed by atoms with Gasteiger partial charge < -0.3 is 44.6 Å². The quantitative estimate of drug-likeness (QED) is 0.0407. The maximum Gasteiger partial charge on any atom is 0.261 e. The van der Waals surface area contributed by atoms with Crippen LogP contribution >= 0.6 is 0 Å². The van der Waals surface area contributed by atoms with Crippen LogP contribution in [0.2, 0.25) is 0 Å². The number of aryl methyl sites for hydroxylation is 1. The van der Waals surface area contributed by atoms with Crippen LogP contribution in [0.1, 0.15) is 93.4 Å². The van der Waals surface area contributed by atoms with Crippen molar-refractivity contribution in [2.45, 2.75) is 32.6 Å². The Balaban J connectivity index is 0.607. The van der Waals surface area contributed by atoms with Crippen molar-refractivity contribution in [2.75, 3.05) is 143 Å². The van der Waals surface area contributed by atoms with Gasteiger partial charge in [0.2, 0.25) is 0 Å². The highest BCUT2D eigenvalue weighted by molar-refractivity contribution is 6.28. The van der Waals surface area contributed by atoms with Crippen LogP contribution in [0.5, 0.6) is 0 Å². The van der Waals surface area contributed by atoms with E-state index in [9.17, 15) is 33.6 Å². The molecular weight excluding hydrogens is 1110 g/mol. The summed E-state index contributed by atoms with van der Waals surface area (Å²) in [6, 6.07) is 37.6. The summed E-state index contributed by atoms with van der Waals surface area (Å²) in [5.74, 6) is -1.53. The number of carbonyl (C=O) groups is 6. The number of pyridine rings is 1. The van der Waals surface area contributed by atoms with Gasteiger partial charge in [0, 0.05) is 161 Å². The zero-order valence-corrected chi connectivity index (χ0v) is 51.1. The van der Waals surface area contributed by atoms with Gasteiger partial charge in [-0.3, -0.25) is 43.4 Å². The third-order valence-corrected chi connectivity index (χ3v) is 18.2. The second kappa shape index (κ2) is 25.5. The van der Waals surface area contributed by atoms with E-state index in [-0.39, 0.29) is 40.9 Å². The van der Waals surface area contributed by atoms with E-state index in [1.165, 1.54) is 9.80 Å². The molecule has 4 aliphatic rings. The first kappa shape index (κ1) is 59.5. The molecule has 2 saturated heterocycles. The van der Waals surface area contributed by atoms with Crippen molar-refractivity contribution in [3.8, 4) is 5.69 Å². The maximum absolute atomic E-state index is 14.2. The van der Waals surface area contributed by atoms with E-state index in [0.29, 0.717) is 133 Å². The lowest BCUT2D eigenvalue weighted by atomic mass is 9.92. The van der Waals surface area contributed by atoms with Gasteiger partial charge in [0.1, 0.15) is 0 Å². The molecule has 0 bridgehead atoms. The summed E-state index contributed by atoms with van der Waals surface area (Å²) < 4.78 is 1.99. The van der Waals surface area contributed by atoms with Gasteiger partial charge in [0.05, 0.1) is 11.0 Å². The lowest BCUT2D eigenvalue weighted by molar-refractivity contribution is 0.0589. The minimum Gasteiger partial charge on any atom is -0.368 e. The predicted octanol–water partition coefficient (Wildman–Crippen LogP) is 7.74. The highest BCUT2D eigenvalue weighted by Gasteiger charge is 2.36. The minimum atomic E-state index is -0.293.